The second-order valence-corrected chi connectivity index (χ2v) is 5.88. The van der Waals surface area contributed by atoms with Crippen LogP contribution in [-0.4, -0.2) is 10.8 Å². The summed E-state index contributed by atoms with van der Waals surface area (Å²) in [6, 6.07) is 9.03. The number of nitrogen functional groups attached to an aromatic ring is 1. The minimum absolute atomic E-state index is 0.0881. The Balaban J connectivity index is 2.36. The van der Waals surface area contributed by atoms with Gasteiger partial charge in [-0.15, -0.1) is 0 Å². The number of nitrogens with two attached hydrogens (primary N) is 1. The van der Waals surface area contributed by atoms with Gasteiger partial charge in [0.05, 0.1) is 10.6 Å². The first-order valence-corrected chi connectivity index (χ1v) is 7.27. The van der Waals surface area contributed by atoms with E-state index >= 15 is 0 Å². The molecule has 3 N–H and O–H groups in total. The van der Waals surface area contributed by atoms with Gasteiger partial charge in [0.15, 0.2) is 0 Å². The summed E-state index contributed by atoms with van der Waals surface area (Å²) >= 11 is 6.61. The van der Waals surface area contributed by atoms with Crippen molar-refractivity contribution < 1.29 is 9.72 Å². The van der Waals surface area contributed by atoms with Gasteiger partial charge in [-0.3, -0.25) is 14.9 Å². The lowest BCUT2D eigenvalue weighted by Gasteiger charge is -2.08. The van der Waals surface area contributed by atoms with Crippen LogP contribution >= 0.6 is 31.9 Å². The summed E-state index contributed by atoms with van der Waals surface area (Å²) in [5.41, 5.74) is 5.98. The first kappa shape index (κ1) is 15.5. The van der Waals surface area contributed by atoms with Crippen molar-refractivity contribution >= 4 is 54.8 Å². The number of hydrogen-bond donors (Lipinski definition) is 2. The summed E-state index contributed by atoms with van der Waals surface area (Å²) in [6.07, 6.45) is 0. The van der Waals surface area contributed by atoms with Crippen LogP contribution in [0.25, 0.3) is 0 Å². The van der Waals surface area contributed by atoms with E-state index in [0.29, 0.717) is 10.2 Å². The molecule has 1 amide bonds. The average molecular weight is 415 g/mol. The van der Waals surface area contributed by atoms with Gasteiger partial charge in [0, 0.05) is 20.7 Å². The van der Waals surface area contributed by atoms with Crippen LogP contribution in [0.2, 0.25) is 0 Å². The number of rotatable bonds is 3. The molecule has 21 heavy (non-hydrogen) atoms. The van der Waals surface area contributed by atoms with Crippen LogP contribution in [-0.2, 0) is 0 Å². The topological polar surface area (TPSA) is 98.3 Å². The molecule has 0 saturated heterocycles. The molecule has 0 spiro atoms. The molecule has 108 valence electrons. The number of carbonyl (C=O) groups is 1. The molecule has 0 fully saturated rings. The van der Waals surface area contributed by atoms with Crippen LogP contribution in [0, 0.1) is 10.1 Å². The van der Waals surface area contributed by atoms with E-state index in [9.17, 15) is 14.9 Å². The van der Waals surface area contributed by atoms with E-state index in [4.69, 9.17) is 5.73 Å². The van der Waals surface area contributed by atoms with Gasteiger partial charge in [-0.05, 0) is 46.3 Å². The summed E-state index contributed by atoms with van der Waals surface area (Å²) < 4.78 is 1.49. The van der Waals surface area contributed by atoms with E-state index < -0.39 is 10.8 Å². The van der Waals surface area contributed by atoms with E-state index in [1.807, 2.05) is 0 Å². The molecular weight excluding hydrogens is 406 g/mol. The van der Waals surface area contributed by atoms with E-state index in [0.717, 1.165) is 4.47 Å². The van der Waals surface area contributed by atoms with Gasteiger partial charge >= 0.3 is 0 Å². The lowest BCUT2D eigenvalue weighted by molar-refractivity contribution is -0.385. The highest BCUT2D eigenvalue weighted by Crippen LogP contribution is 2.28. The monoisotopic (exact) mass is 413 g/mol. The van der Waals surface area contributed by atoms with Crippen LogP contribution < -0.4 is 11.1 Å². The number of amides is 1. The maximum atomic E-state index is 12.2. The molecule has 8 heteroatoms. The van der Waals surface area contributed by atoms with Gasteiger partial charge in [-0.25, -0.2) is 0 Å². The molecule has 0 unspecified atom stereocenters. The van der Waals surface area contributed by atoms with E-state index in [1.165, 1.54) is 18.2 Å². The van der Waals surface area contributed by atoms with Crippen molar-refractivity contribution in [2.24, 2.45) is 0 Å². The average Bonchev–Trinajstić information content (AvgIpc) is 2.41. The smallest absolute Gasteiger partial charge is 0.282 e. The molecule has 0 aliphatic carbocycles. The number of benzene rings is 2. The Bertz CT molecular complexity index is 735. The fourth-order valence-electron chi connectivity index (χ4n) is 1.68. The zero-order valence-electron chi connectivity index (χ0n) is 10.5. The van der Waals surface area contributed by atoms with Crippen molar-refractivity contribution in [2.45, 2.75) is 0 Å². The lowest BCUT2D eigenvalue weighted by atomic mass is 10.1. The molecular formula is C13H9Br2N3O3. The highest BCUT2D eigenvalue weighted by Gasteiger charge is 2.21. The number of nitrogens with zero attached hydrogens (tertiary/aromatic N) is 1. The predicted molar refractivity (Wildman–Crippen MR) is 87.3 cm³/mol. The fraction of sp³-hybridized carbons (Fsp3) is 0. The van der Waals surface area contributed by atoms with E-state index in [1.54, 1.807) is 18.2 Å². The lowest BCUT2D eigenvalue weighted by Crippen LogP contribution is -2.14. The second-order valence-electron chi connectivity index (χ2n) is 4.11. The number of halogens is 2. The molecule has 0 aliphatic heterocycles. The first-order valence-electron chi connectivity index (χ1n) is 5.69. The fourth-order valence-corrected chi connectivity index (χ4v) is 2.82. The minimum Gasteiger partial charge on any atom is -0.399 e. The maximum absolute atomic E-state index is 12.2. The summed E-state index contributed by atoms with van der Waals surface area (Å²) in [5, 5.41) is 13.6. The van der Waals surface area contributed by atoms with Crippen LogP contribution in [0.5, 0.6) is 0 Å². The Kier molecular flexibility index (Phi) is 4.59. The van der Waals surface area contributed by atoms with Gasteiger partial charge < -0.3 is 11.1 Å². The molecule has 0 saturated carbocycles. The Labute approximate surface area is 136 Å². The Morgan fingerprint density at radius 1 is 1.19 bits per heavy atom. The van der Waals surface area contributed by atoms with Crippen molar-refractivity contribution in [3.63, 3.8) is 0 Å². The molecule has 0 heterocycles. The SMILES string of the molecule is Nc1ccc([N+](=O)[O-])c(C(=O)Nc2ccc(Br)cc2Br)c1. The number of nitrogens with one attached hydrogen (secondary N) is 1. The number of hydrogen-bond acceptors (Lipinski definition) is 4. The molecule has 2 aromatic carbocycles. The van der Waals surface area contributed by atoms with E-state index in [-0.39, 0.29) is 16.9 Å². The quantitative estimate of drug-likeness (QED) is 0.451. The van der Waals surface area contributed by atoms with Crippen molar-refractivity contribution in [3.8, 4) is 0 Å². The molecule has 0 aromatic heterocycles. The standard InChI is InChI=1S/C13H9Br2N3O3/c14-7-1-3-11(10(15)5-7)17-13(19)9-6-8(16)2-4-12(9)18(20)21/h1-6H,16H2,(H,17,19). The highest BCUT2D eigenvalue weighted by atomic mass is 79.9. The third-order valence-electron chi connectivity index (χ3n) is 2.64. The number of anilines is 2. The number of carbonyl (C=O) groups excluding carboxylic acids is 1. The largest absolute Gasteiger partial charge is 0.399 e. The zero-order chi connectivity index (χ0) is 15.6. The summed E-state index contributed by atoms with van der Waals surface area (Å²) in [7, 11) is 0. The van der Waals surface area contributed by atoms with Gasteiger partial charge in [0.25, 0.3) is 11.6 Å². The Morgan fingerprint density at radius 2 is 1.90 bits per heavy atom. The number of nitro groups is 1. The van der Waals surface area contributed by atoms with Gasteiger partial charge in [0.1, 0.15) is 5.56 Å². The molecule has 6 nitrogen and oxygen atoms in total. The van der Waals surface area contributed by atoms with Crippen molar-refractivity contribution in [2.75, 3.05) is 11.1 Å². The summed E-state index contributed by atoms with van der Waals surface area (Å²) in [5.74, 6) is -0.600. The third kappa shape index (κ3) is 3.59. The molecule has 0 bridgehead atoms. The van der Waals surface area contributed by atoms with Gasteiger partial charge in [-0.2, -0.15) is 0 Å². The third-order valence-corrected chi connectivity index (χ3v) is 3.79. The predicted octanol–water partition coefficient (Wildman–Crippen LogP) is 3.95. The summed E-state index contributed by atoms with van der Waals surface area (Å²) in [6.45, 7) is 0. The van der Waals surface area contributed by atoms with Crippen molar-refractivity contribution in [3.05, 3.63) is 61.0 Å². The maximum Gasteiger partial charge on any atom is 0.282 e. The summed E-state index contributed by atoms with van der Waals surface area (Å²) in [4.78, 5) is 22.6. The molecule has 0 radical (unpaired) electrons. The normalized spacial score (nSPS) is 10.2. The van der Waals surface area contributed by atoms with Crippen molar-refractivity contribution in [1.29, 1.82) is 0 Å². The van der Waals surface area contributed by atoms with Crippen LogP contribution in [0.15, 0.2) is 45.3 Å². The number of nitro benzene ring substituents is 1. The molecule has 2 aromatic rings. The highest BCUT2D eigenvalue weighted by molar-refractivity contribution is 9.11. The Hall–Kier alpha value is -1.93. The molecule has 0 aliphatic rings. The van der Waals surface area contributed by atoms with E-state index in [2.05, 4.69) is 37.2 Å². The van der Waals surface area contributed by atoms with Gasteiger partial charge in [0.2, 0.25) is 0 Å². The van der Waals surface area contributed by atoms with Crippen molar-refractivity contribution in [1.82, 2.24) is 0 Å². The second kappa shape index (κ2) is 6.23. The van der Waals surface area contributed by atoms with Crippen LogP contribution in [0.3, 0.4) is 0 Å². The first-order chi connectivity index (χ1) is 9.88. The van der Waals surface area contributed by atoms with Crippen LogP contribution in [0.4, 0.5) is 17.1 Å². The van der Waals surface area contributed by atoms with Gasteiger partial charge in [-0.1, -0.05) is 15.9 Å². The Morgan fingerprint density at radius 3 is 2.52 bits per heavy atom. The molecule has 0 atom stereocenters. The minimum atomic E-state index is -0.620. The molecule has 2 rings (SSSR count). The zero-order valence-corrected chi connectivity index (χ0v) is 13.6. The van der Waals surface area contributed by atoms with Crippen LogP contribution in [0.1, 0.15) is 10.4 Å².